The van der Waals surface area contributed by atoms with Crippen LogP contribution in [0.2, 0.25) is 0 Å². The molecule has 1 fully saturated rings. The Morgan fingerprint density at radius 2 is 2.56 bits per heavy atom. The van der Waals surface area contributed by atoms with Gasteiger partial charge in [-0.25, -0.2) is 4.98 Å². The van der Waals surface area contributed by atoms with E-state index in [2.05, 4.69) is 9.88 Å². The van der Waals surface area contributed by atoms with Gasteiger partial charge in [0.25, 0.3) is 0 Å². The molecule has 6 heteroatoms. The second-order valence-electron chi connectivity index (χ2n) is 3.90. The Morgan fingerprint density at radius 1 is 1.75 bits per heavy atom. The molecule has 1 saturated heterocycles. The van der Waals surface area contributed by atoms with Crippen LogP contribution in [-0.4, -0.2) is 28.4 Å². The average Bonchev–Trinajstić information content (AvgIpc) is 2.87. The summed E-state index contributed by atoms with van der Waals surface area (Å²) in [5.41, 5.74) is 6.25. The minimum absolute atomic E-state index is 0.122. The predicted octanol–water partition coefficient (Wildman–Crippen LogP) is 1.33. The Balaban J connectivity index is 2.00. The zero-order valence-electron chi connectivity index (χ0n) is 8.86. The fraction of sp³-hybridized carbons (Fsp3) is 0.600. The van der Waals surface area contributed by atoms with Crippen LogP contribution in [-0.2, 0) is 17.2 Å². The van der Waals surface area contributed by atoms with Crippen molar-refractivity contribution in [3.05, 3.63) is 16.1 Å². The Morgan fingerprint density at radius 3 is 3.19 bits per heavy atom. The third-order valence-electron chi connectivity index (χ3n) is 2.77. The number of amides is 1. The van der Waals surface area contributed by atoms with Gasteiger partial charge in [0.15, 0.2) is 0 Å². The second-order valence-corrected chi connectivity index (χ2v) is 5.11. The zero-order valence-corrected chi connectivity index (χ0v) is 10.4. The maximum absolute atomic E-state index is 11.2. The number of halogens is 1. The van der Waals surface area contributed by atoms with Crippen molar-refractivity contribution in [2.75, 3.05) is 6.54 Å². The van der Waals surface area contributed by atoms with Crippen LogP contribution in [0.1, 0.15) is 23.5 Å². The molecule has 1 aliphatic heterocycles. The van der Waals surface area contributed by atoms with E-state index in [1.165, 1.54) is 0 Å². The summed E-state index contributed by atoms with van der Waals surface area (Å²) in [4.78, 5) is 17.7. The van der Waals surface area contributed by atoms with Gasteiger partial charge in [0.05, 0.1) is 24.2 Å². The lowest BCUT2D eigenvalue weighted by Gasteiger charge is -2.20. The normalized spacial score (nSPS) is 21.4. The second kappa shape index (κ2) is 5.12. The summed E-state index contributed by atoms with van der Waals surface area (Å²) in [6.07, 6.45) is 1.89. The number of aromatic nitrogens is 1. The number of hydrogen-bond acceptors (Lipinski definition) is 4. The Bertz CT molecular complexity index is 382. The standard InChI is InChI=1S/C10H14ClN3OS/c11-4-7-6-16-9(13-7)5-14-3-1-2-8(14)10(12)15/h6,8H,1-5H2,(H2,12,15). The maximum atomic E-state index is 11.2. The van der Waals surface area contributed by atoms with E-state index in [4.69, 9.17) is 17.3 Å². The molecule has 1 aromatic rings. The highest BCUT2D eigenvalue weighted by Gasteiger charge is 2.29. The summed E-state index contributed by atoms with van der Waals surface area (Å²) >= 11 is 7.28. The number of rotatable bonds is 4. The van der Waals surface area contributed by atoms with Gasteiger partial charge >= 0.3 is 0 Å². The lowest BCUT2D eigenvalue weighted by Crippen LogP contribution is -2.39. The van der Waals surface area contributed by atoms with E-state index < -0.39 is 0 Å². The molecule has 0 aliphatic carbocycles. The number of likely N-dealkylation sites (tertiary alicyclic amines) is 1. The number of primary amides is 1. The van der Waals surface area contributed by atoms with Crippen LogP contribution in [0.3, 0.4) is 0 Å². The molecule has 1 unspecified atom stereocenters. The molecule has 4 nitrogen and oxygen atoms in total. The topological polar surface area (TPSA) is 59.2 Å². The average molecular weight is 260 g/mol. The smallest absolute Gasteiger partial charge is 0.234 e. The van der Waals surface area contributed by atoms with Gasteiger partial charge in [-0.3, -0.25) is 9.69 Å². The summed E-state index contributed by atoms with van der Waals surface area (Å²) in [6.45, 7) is 1.62. The summed E-state index contributed by atoms with van der Waals surface area (Å²) in [6, 6.07) is -0.122. The fourth-order valence-corrected chi connectivity index (χ4v) is 3.04. The van der Waals surface area contributed by atoms with Crippen LogP contribution < -0.4 is 5.73 Å². The molecular weight excluding hydrogens is 246 g/mol. The predicted molar refractivity (Wildman–Crippen MR) is 64.3 cm³/mol. The lowest BCUT2D eigenvalue weighted by molar-refractivity contribution is -0.122. The number of hydrogen-bond donors (Lipinski definition) is 1. The van der Waals surface area contributed by atoms with Crippen molar-refractivity contribution in [3.8, 4) is 0 Å². The van der Waals surface area contributed by atoms with Gasteiger partial charge < -0.3 is 5.73 Å². The van der Waals surface area contributed by atoms with Crippen molar-refractivity contribution in [1.29, 1.82) is 0 Å². The van der Waals surface area contributed by atoms with Crippen LogP contribution >= 0.6 is 22.9 Å². The van der Waals surface area contributed by atoms with Gasteiger partial charge in [0.2, 0.25) is 5.91 Å². The van der Waals surface area contributed by atoms with Crippen molar-refractivity contribution >= 4 is 28.8 Å². The first-order valence-electron chi connectivity index (χ1n) is 5.23. The molecular formula is C10H14ClN3OS. The first-order chi connectivity index (χ1) is 7.70. The van der Waals surface area contributed by atoms with E-state index >= 15 is 0 Å². The van der Waals surface area contributed by atoms with E-state index in [1.807, 2.05) is 5.38 Å². The number of nitrogens with two attached hydrogens (primary N) is 1. The third-order valence-corrected chi connectivity index (χ3v) is 3.92. The summed E-state index contributed by atoms with van der Waals surface area (Å²) in [5.74, 6) is 0.210. The monoisotopic (exact) mass is 259 g/mol. The zero-order chi connectivity index (χ0) is 11.5. The molecule has 1 atom stereocenters. The Hall–Kier alpha value is -0.650. The highest BCUT2D eigenvalue weighted by molar-refractivity contribution is 7.09. The number of alkyl halides is 1. The molecule has 0 spiro atoms. The molecule has 88 valence electrons. The maximum Gasteiger partial charge on any atom is 0.234 e. The largest absolute Gasteiger partial charge is 0.368 e. The van der Waals surface area contributed by atoms with E-state index in [9.17, 15) is 4.79 Å². The van der Waals surface area contributed by atoms with E-state index in [-0.39, 0.29) is 11.9 Å². The molecule has 1 aliphatic rings. The number of carbonyl (C=O) groups is 1. The van der Waals surface area contributed by atoms with Gasteiger partial charge in [-0.15, -0.1) is 22.9 Å². The third kappa shape index (κ3) is 2.53. The molecule has 0 radical (unpaired) electrons. The van der Waals surface area contributed by atoms with Crippen molar-refractivity contribution in [2.45, 2.75) is 31.3 Å². The van der Waals surface area contributed by atoms with Crippen LogP contribution in [0.25, 0.3) is 0 Å². The van der Waals surface area contributed by atoms with Gasteiger partial charge in [-0.2, -0.15) is 0 Å². The lowest BCUT2D eigenvalue weighted by atomic mass is 10.2. The number of thiazole rings is 1. The van der Waals surface area contributed by atoms with Crippen LogP contribution in [0, 0.1) is 0 Å². The molecule has 1 amide bonds. The molecule has 0 bridgehead atoms. The molecule has 2 N–H and O–H groups in total. The fourth-order valence-electron chi connectivity index (χ4n) is 1.99. The van der Waals surface area contributed by atoms with Crippen molar-refractivity contribution in [1.82, 2.24) is 9.88 Å². The van der Waals surface area contributed by atoms with Crippen molar-refractivity contribution < 1.29 is 4.79 Å². The molecule has 2 rings (SSSR count). The summed E-state index contributed by atoms with van der Waals surface area (Å²) in [7, 11) is 0. The quantitative estimate of drug-likeness (QED) is 0.830. The first-order valence-corrected chi connectivity index (χ1v) is 6.64. The number of carbonyl (C=O) groups excluding carboxylic acids is 1. The van der Waals surface area contributed by atoms with Crippen molar-refractivity contribution in [3.63, 3.8) is 0 Å². The SMILES string of the molecule is NC(=O)C1CCCN1Cc1nc(CCl)cs1. The molecule has 0 aromatic carbocycles. The van der Waals surface area contributed by atoms with Gasteiger partial charge in [-0.05, 0) is 19.4 Å². The minimum atomic E-state index is -0.230. The molecule has 0 saturated carbocycles. The van der Waals surface area contributed by atoms with Gasteiger partial charge in [0.1, 0.15) is 5.01 Å². The van der Waals surface area contributed by atoms with Gasteiger partial charge in [0, 0.05) is 5.38 Å². The van der Waals surface area contributed by atoms with E-state index in [0.717, 1.165) is 30.1 Å². The summed E-state index contributed by atoms with van der Waals surface area (Å²) < 4.78 is 0. The summed E-state index contributed by atoms with van der Waals surface area (Å²) in [5, 5.41) is 2.96. The first kappa shape index (κ1) is 11.8. The van der Waals surface area contributed by atoms with E-state index in [1.54, 1.807) is 11.3 Å². The van der Waals surface area contributed by atoms with Gasteiger partial charge in [-0.1, -0.05) is 0 Å². The highest BCUT2D eigenvalue weighted by atomic mass is 35.5. The Labute approximate surface area is 103 Å². The molecule has 2 heterocycles. The van der Waals surface area contributed by atoms with Crippen LogP contribution in [0.4, 0.5) is 0 Å². The van der Waals surface area contributed by atoms with Crippen LogP contribution in [0.15, 0.2) is 5.38 Å². The highest BCUT2D eigenvalue weighted by Crippen LogP contribution is 2.21. The van der Waals surface area contributed by atoms with E-state index in [0.29, 0.717) is 12.4 Å². The minimum Gasteiger partial charge on any atom is -0.368 e. The molecule has 16 heavy (non-hydrogen) atoms. The van der Waals surface area contributed by atoms with Crippen LogP contribution in [0.5, 0.6) is 0 Å². The number of nitrogens with zero attached hydrogens (tertiary/aromatic N) is 2. The molecule has 1 aromatic heterocycles. The van der Waals surface area contributed by atoms with Crippen molar-refractivity contribution in [2.24, 2.45) is 5.73 Å². The Kier molecular flexibility index (Phi) is 3.78.